The maximum Gasteiger partial charge on any atom is 0.347 e. The van der Waals surface area contributed by atoms with Crippen molar-refractivity contribution >= 4 is 23.2 Å². The van der Waals surface area contributed by atoms with Crippen molar-refractivity contribution in [1.29, 1.82) is 0 Å². The third-order valence-electron chi connectivity index (χ3n) is 2.62. The van der Waals surface area contributed by atoms with Crippen molar-refractivity contribution in [1.82, 2.24) is 10.3 Å². The monoisotopic (exact) mass is 306 g/mol. The summed E-state index contributed by atoms with van der Waals surface area (Å²) in [6.45, 7) is 5.42. The molecule has 0 aliphatic rings. The second kappa shape index (κ2) is 8.16. The number of carboxylic acid groups (broad SMARTS) is 1. The average Bonchev–Trinajstić information content (AvgIpc) is 2.79. The van der Waals surface area contributed by atoms with Gasteiger partial charge in [0.25, 0.3) is 0 Å². The van der Waals surface area contributed by atoms with Gasteiger partial charge in [0.2, 0.25) is 5.91 Å². The molecule has 1 aromatic rings. The predicted octanol–water partition coefficient (Wildman–Crippen LogP) is 2.50. The lowest BCUT2D eigenvalue weighted by Crippen LogP contribution is -2.15. The average molecular weight is 306 g/mol. The number of aryl methyl sites for hydroxylation is 1. The lowest BCUT2D eigenvalue weighted by molar-refractivity contribution is -0.119. The Hall–Kier alpha value is -2.21. The molecule has 0 radical (unpaired) electrons. The van der Waals surface area contributed by atoms with E-state index in [1.807, 2.05) is 0 Å². The first-order chi connectivity index (χ1) is 9.97. The van der Waals surface area contributed by atoms with Crippen molar-refractivity contribution in [3.05, 3.63) is 52.0 Å². The summed E-state index contributed by atoms with van der Waals surface area (Å²) in [4.78, 5) is 26.9. The van der Waals surface area contributed by atoms with E-state index in [9.17, 15) is 9.59 Å². The summed E-state index contributed by atoms with van der Waals surface area (Å²) in [5.41, 5.74) is 1.38. The van der Waals surface area contributed by atoms with Gasteiger partial charge in [0.15, 0.2) is 0 Å². The van der Waals surface area contributed by atoms with Crippen LogP contribution in [0.3, 0.4) is 0 Å². The Kier molecular flexibility index (Phi) is 6.55. The van der Waals surface area contributed by atoms with Crippen molar-refractivity contribution in [2.75, 3.05) is 7.05 Å². The van der Waals surface area contributed by atoms with Gasteiger partial charge < -0.3 is 10.4 Å². The Morgan fingerprint density at radius 2 is 2.19 bits per heavy atom. The Bertz CT molecular complexity index is 600. The molecule has 0 aliphatic carbocycles. The topological polar surface area (TPSA) is 79.3 Å². The van der Waals surface area contributed by atoms with Gasteiger partial charge in [-0.15, -0.1) is 11.3 Å². The first kappa shape index (κ1) is 16.8. The van der Waals surface area contributed by atoms with Crippen molar-refractivity contribution in [3.8, 4) is 0 Å². The van der Waals surface area contributed by atoms with Crippen LogP contribution in [0.1, 0.15) is 26.8 Å². The fourth-order valence-corrected chi connectivity index (χ4v) is 2.47. The van der Waals surface area contributed by atoms with Crippen molar-refractivity contribution in [2.24, 2.45) is 0 Å². The fourth-order valence-electron chi connectivity index (χ4n) is 1.69. The van der Waals surface area contributed by atoms with Crippen LogP contribution in [-0.4, -0.2) is 29.0 Å². The zero-order valence-electron chi connectivity index (χ0n) is 12.0. The molecule has 1 amide bonds. The molecular formula is C15H18N2O3S. The molecule has 21 heavy (non-hydrogen) atoms. The largest absolute Gasteiger partial charge is 0.477 e. The van der Waals surface area contributed by atoms with E-state index in [4.69, 9.17) is 5.11 Å². The fraction of sp³-hybridized carbons (Fsp3) is 0.267. The van der Waals surface area contributed by atoms with Crippen LogP contribution in [0, 0.1) is 6.92 Å². The van der Waals surface area contributed by atoms with Crippen LogP contribution < -0.4 is 5.32 Å². The highest BCUT2D eigenvalue weighted by atomic mass is 32.1. The van der Waals surface area contributed by atoms with Crippen LogP contribution in [0.25, 0.3) is 0 Å². The molecule has 0 saturated heterocycles. The van der Waals surface area contributed by atoms with Gasteiger partial charge in [-0.1, -0.05) is 30.9 Å². The minimum Gasteiger partial charge on any atom is -0.477 e. The highest BCUT2D eigenvalue weighted by molar-refractivity contribution is 7.13. The molecule has 0 spiro atoms. The first-order valence-electron chi connectivity index (χ1n) is 6.36. The Morgan fingerprint density at radius 1 is 1.48 bits per heavy atom. The predicted molar refractivity (Wildman–Crippen MR) is 83.6 cm³/mol. The van der Waals surface area contributed by atoms with E-state index in [0.29, 0.717) is 12.1 Å². The minimum absolute atomic E-state index is 0.0834. The molecule has 2 N–H and O–H groups in total. The van der Waals surface area contributed by atoms with Crippen LogP contribution in [0.15, 0.2) is 36.5 Å². The first-order valence-corrected chi connectivity index (χ1v) is 7.17. The summed E-state index contributed by atoms with van der Waals surface area (Å²) in [6.07, 6.45) is 7.58. The molecular weight excluding hydrogens is 288 g/mol. The molecule has 1 heterocycles. The van der Waals surface area contributed by atoms with Crippen LogP contribution in [0.4, 0.5) is 0 Å². The number of nitrogens with zero attached hydrogens (tertiary/aromatic N) is 1. The van der Waals surface area contributed by atoms with Gasteiger partial charge in [0, 0.05) is 19.9 Å². The Balaban J connectivity index is 2.89. The van der Waals surface area contributed by atoms with Crippen LogP contribution in [-0.2, 0) is 11.2 Å². The highest BCUT2D eigenvalue weighted by Gasteiger charge is 2.16. The normalized spacial score (nSPS) is 11.6. The van der Waals surface area contributed by atoms with Gasteiger partial charge in [0.1, 0.15) is 4.88 Å². The molecule has 5 nitrogen and oxygen atoms in total. The van der Waals surface area contributed by atoms with Gasteiger partial charge in [0.05, 0.1) is 10.7 Å². The van der Waals surface area contributed by atoms with Crippen LogP contribution >= 0.6 is 11.3 Å². The minimum atomic E-state index is -0.970. The number of nitrogens with one attached hydrogen (secondary N) is 1. The lowest BCUT2D eigenvalue weighted by Gasteiger charge is -2.01. The van der Waals surface area contributed by atoms with Gasteiger partial charge in [-0.3, -0.25) is 4.79 Å². The third kappa shape index (κ3) is 5.35. The third-order valence-corrected chi connectivity index (χ3v) is 3.62. The van der Waals surface area contributed by atoms with Crippen molar-refractivity contribution < 1.29 is 14.7 Å². The van der Waals surface area contributed by atoms with E-state index in [0.717, 1.165) is 21.9 Å². The van der Waals surface area contributed by atoms with E-state index in [1.54, 1.807) is 38.3 Å². The Labute approximate surface area is 127 Å². The maximum atomic E-state index is 11.2. The maximum absolute atomic E-state index is 11.2. The number of carbonyl (C=O) groups excluding carboxylic acids is 1. The van der Waals surface area contributed by atoms with Crippen molar-refractivity contribution in [3.63, 3.8) is 0 Å². The molecule has 0 aliphatic heterocycles. The number of rotatable bonds is 7. The summed E-state index contributed by atoms with van der Waals surface area (Å²) in [5.74, 6) is -1.05. The van der Waals surface area contributed by atoms with E-state index < -0.39 is 5.97 Å². The second-order valence-electron chi connectivity index (χ2n) is 4.25. The number of thiazole rings is 1. The zero-order valence-corrected chi connectivity index (χ0v) is 12.9. The van der Waals surface area contributed by atoms with E-state index in [2.05, 4.69) is 16.9 Å². The number of amides is 1. The molecule has 1 aromatic heterocycles. The molecule has 0 aromatic carbocycles. The summed E-state index contributed by atoms with van der Waals surface area (Å²) in [6, 6.07) is 0. The quantitative estimate of drug-likeness (QED) is 0.759. The summed E-state index contributed by atoms with van der Waals surface area (Å²) < 4.78 is 0. The number of hydrogen-bond acceptors (Lipinski definition) is 4. The Morgan fingerprint density at radius 3 is 2.76 bits per heavy atom. The molecule has 6 heteroatoms. The number of carboxylic acids is 1. The number of hydrogen-bond donors (Lipinski definition) is 2. The summed E-state index contributed by atoms with van der Waals surface area (Å²) >= 11 is 1.16. The molecule has 0 fully saturated rings. The number of aromatic carboxylic acids is 1. The molecule has 0 saturated carbocycles. The van der Waals surface area contributed by atoms with Gasteiger partial charge in [-0.2, -0.15) is 0 Å². The summed E-state index contributed by atoms with van der Waals surface area (Å²) in [5, 5.41) is 12.4. The van der Waals surface area contributed by atoms with Crippen LogP contribution in [0.5, 0.6) is 0 Å². The SMILES string of the molecule is C=C/C=C(\C=C/CC(=O)NC)Cc1nc(C)sc1C(=O)O. The molecule has 112 valence electrons. The molecule has 0 atom stereocenters. The number of allylic oxidation sites excluding steroid dienone is 4. The van der Waals surface area contributed by atoms with E-state index in [-0.39, 0.29) is 17.2 Å². The van der Waals surface area contributed by atoms with E-state index in [1.165, 1.54) is 0 Å². The molecule has 1 rings (SSSR count). The summed E-state index contributed by atoms with van der Waals surface area (Å²) in [7, 11) is 1.58. The standard InChI is InChI=1S/C15H18N2O3S/c1-4-6-11(7-5-8-13(18)16-3)9-12-14(15(19)20)21-10(2)17-12/h4-7H,1,8-9H2,2-3H3,(H,16,18)(H,19,20)/b7-5-,11-6+. The molecule has 0 unspecified atom stereocenters. The molecule has 0 bridgehead atoms. The van der Waals surface area contributed by atoms with E-state index >= 15 is 0 Å². The number of aromatic nitrogens is 1. The second-order valence-corrected chi connectivity index (χ2v) is 5.45. The van der Waals surface area contributed by atoms with Gasteiger partial charge in [-0.05, 0) is 12.5 Å². The van der Waals surface area contributed by atoms with Gasteiger partial charge >= 0.3 is 5.97 Å². The zero-order chi connectivity index (χ0) is 15.8. The number of carbonyl (C=O) groups is 2. The van der Waals surface area contributed by atoms with Crippen LogP contribution in [0.2, 0.25) is 0 Å². The smallest absolute Gasteiger partial charge is 0.347 e. The highest BCUT2D eigenvalue weighted by Crippen LogP contribution is 2.21. The van der Waals surface area contributed by atoms with Gasteiger partial charge in [-0.25, -0.2) is 9.78 Å². The lowest BCUT2D eigenvalue weighted by atomic mass is 10.1. The van der Waals surface area contributed by atoms with Crippen molar-refractivity contribution in [2.45, 2.75) is 19.8 Å².